The lowest BCUT2D eigenvalue weighted by molar-refractivity contribution is -0.143. The van der Waals surface area contributed by atoms with Crippen LogP contribution in [0.4, 0.5) is 0 Å². The van der Waals surface area contributed by atoms with Gasteiger partial charge in [0.15, 0.2) is 6.23 Å². The molecule has 0 saturated carbocycles. The monoisotopic (exact) mass is 827 g/mol. The molecule has 1 aromatic heterocycles. The number of H-pyrrole nitrogens is 1. The summed E-state index contributed by atoms with van der Waals surface area (Å²) in [6.45, 7) is 5.19. The second-order valence-electron chi connectivity index (χ2n) is 15.6. The molecule has 0 bridgehead atoms. The van der Waals surface area contributed by atoms with E-state index in [4.69, 9.17) is 23.7 Å². The van der Waals surface area contributed by atoms with Gasteiger partial charge in [-0.3, -0.25) is 19.1 Å². The number of aliphatic hydroxyl groups is 1. The van der Waals surface area contributed by atoms with Gasteiger partial charge >= 0.3 is 5.69 Å². The van der Waals surface area contributed by atoms with Gasteiger partial charge in [-0.05, 0) is 53.8 Å². The molecule has 1 fully saturated rings. The van der Waals surface area contributed by atoms with Gasteiger partial charge in [0.05, 0.1) is 20.8 Å². The molecule has 1 amide bonds. The Morgan fingerprint density at radius 2 is 1.25 bits per heavy atom. The Balaban J connectivity index is 1.41. The van der Waals surface area contributed by atoms with E-state index in [2.05, 4.69) is 18.8 Å². The Morgan fingerprint density at radius 1 is 0.733 bits per heavy atom. The number of amides is 1. The van der Waals surface area contributed by atoms with Crippen LogP contribution < -0.4 is 20.7 Å². The van der Waals surface area contributed by atoms with Crippen molar-refractivity contribution >= 4 is 5.91 Å². The fourth-order valence-corrected chi connectivity index (χ4v) is 7.96. The van der Waals surface area contributed by atoms with Crippen molar-refractivity contribution in [3.05, 3.63) is 129 Å². The van der Waals surface area contributed by atoms with Crippen LogP contribution in [0.1, 0.15) is 114 Å². The summed E-state index contributed by atoms with van der Waals surface area (Å²) in [4.78, 5) is 43.4. The van der Waals surface area contributed by atoms with E-state index < -0.39 is 41.4 Å². The Labute approximate surface area is 354 Å². The molecule has 60 heavy (non-hydrogen) atoms. The number of carbonyl (C=O) groups excluding carboxylic acids is 1. The zero-order valence-corrected chi connectivity index (χ0v) is 35.9. The predicted molar refractivity (Wildman–Crippen MR) is 233 cm³/mol. The molecule has 2 N–H and O–H groups in total. The van der Waals surface area contributed by atoms with Crippen molar-refractivity contribution in [3.8, 4) is 11.5 Å². The molecular weight excluding hydrogens is 763 g/mol. The Kier molecular flexibility index (Phi) is 18.4. The normalized spacial score (nSPS) is 17.8. The summed E-state index contributed by atoms with van der Waals surface area (Å²) in [6, 6.07) is 26.1. The van der Waals surface area contributed by atoms with E-state index in [1.54, 1.807) is 14.2 Å². The summed E-state index contributed by atoms with van der Waals surface area (Å²) < 4.78 is 32.0. The van der Waals surface area contributed by atoms with Crippen LogP contribution in [-0.2, 0) is 24.6 Å². The maximum absolute atomic E-state index is 13.9. The third kappa shape index (κ3) is 12.2. The second-order valence-corrected chi connectivity index (χ2v) is 15.6. The Bertz CT molecular complexity index is 1900. The first-order valence-electron chi connectivity index (χ1n) is 21.8. The van der Waals surface area contributed by atoms with Crippen LogP contribution in [-0.4, -0.2) is 84.3 Å². The zero-order valence-electron chi connectivity index (χ0n) is 35.9. The van der Waals surface area contributed by atoms with Gasteiger partial charge in [0.2, 0.25) is 5.91 Å². The highest BCUT2D eigenvalue weighted by molar-refractivity contribution is 5.77. The van der Waals surface area contributed by atoms with Gasteiger partial charge in [-0.1, -0.05) is 133 Å². The van der Waals surface area contributed by atoms with Crippen molar-refractivity contribution < 1.29 is 33.6 Å². The third-order valence-corrected chi connectivity index (χ3v) is 11.4. The molecule has 2 unspecified atom stereocenters. The average molecular weight is 828 g/mol. The van der Waals surface area contributed by atoms with Crippen LogP contribution in [0.25, 0.3) is 0 Å². The fourth-order valence-electron chi connectivity index (χ4n) is 7.96. The predicted octanol–water partition coefficient (Wildman–Crippen LogP) is 7.76. The molecule has 4 atom stereocenters. The lowest BCUT2D eigenvalue weighted by Crippen LogP contribution is -2.43. The lowest BCUT2D eigenvalue weighted by Gasteiger charge is -2.37. The van der Waals surface area contributed by atoms with Gasteiger partial charge in [0, 0.05) is 25.4 Å². The minimum Gasteiger partial charge on any atom is -0.497 e. The summed E-state index contributed by atoms with van der Waals surface area (Å²) >= 11 is 0. The van der Waals surface area contributed by atoms with E-state index in [9.17, 15) is 19.5 Å². The van der Waals surface area contributed by atoms with E-state index in [0.717, 1.165) is 55.2 Å². The molecule has 326 valence electrons. The van der Waals surface area contributed by atoms with Crippen LogP contribution in [0.3, 0.4) is 0 Å². The first-order chi connectivity index (χ1) is 29.2. The van der Waals surface area contributed by atoms with E-state index in [-0.39, 0.29) is 19.1 Å². The molecule has 1 aliphatic heterocycles. The highest BCUT2D eigenvalue weighted by Crippen LogP contribution is 2.43. The molecule has 0 radical (unpaired) electrons. The molecule has 1 aliphatic rings. The van der Waals surface area contributed by atoms with E-state index >= 15 is 0 Å². The topological polar surface area (TPSA) is 142 Å². The van der Waals surface area contributed by atoms with Crippen LogP contribution in [0.5, 0.6) is 11.5 Å². The fraction of sp³-hybridized carbons (Fsp3) is 0.521. The molecule has 12 nitrogen and oxygen atoms in total. The van der Waals surface area contributed by atoms with E-state index in [0.29, 0.717) is 24.6 Å². The molecule has 0 aliphatic carbocycles. The minimum atomic E-state index is -1.33. The zero-order chi connectivity index (χ0) is 42.7. The molecule has 2 heterocycles. The largest absolute Gasteiger partial charge is 0.497 e. The number of unbranched alkanes of at least 4 members (excludes halogenated alkanes) is 10. The maximum Gasteiger partial charge on any atom is 0.330 e. The summed E-state index contributed by atoms with van der Waals surface area (Å²) in [5, 5.41) is 12.0. The van der Waals surface area contributed by atoms with Crippen molar-refractivity contribution in [2.45, 2.75) is 121 Å². The van der Waals surface area contributed by atoms with Crippen molar-refractivity contribution in [3.63, 3.8) is 0 Å². The number of aromatic amines is 1. The molecule has 0 spiro atoms. The van der Waals surface area contributed by atoms with Crippen molar-refractivity contribution in [2.24, 2.45) is 0 Å². The highest BCUT2D eigenvalue weighted by atomic mass is 16.6. The molecule has 1 saturated heterocycles. The van der Waals surface area contributed by atoms with Crippen LogP contribution in [0.2, 0.25) is 0 Å². The number of hydrogen-bond acceptors (Lipinski definition) is 9. The highest BCUT2D eigenvalue weighted by Gasteiger charge is 2.48. The maximum atomic E-state index is 13.9. The molecular formula is C48H65N3O9. The average Bonchev–Trinajstić information content (AvgIpc) is 3.58. The summed E-state index contributed by atoms with van der Waals surface area (Å²) in [5.74, 6) is 1.16. The first kappa shape index (κ1) is 46.3. The first-order valence-corrected chi connectivity index (χ1v) is 21.8. The number of ether oxygens (including phenoxy) is 5. The van der Waals surface area contributed by atoms with Crippen LogP contribution in [0.15, 0.2) is 101 Å². The number of aliphatic hydroxyl groups excluding tert-OH is 1. The van der Waals surface area contributed by atoms with Gasteiger partial charge in [-0.25, -0.2) is 4.79 Å². The summed E-state index contributed by atoms with van der Waals surface area (Å²) in [6.07, 6.45) is 9.96. The second kappa shape index (κ2) is 23.9. The number of hydrogen-bond donors (Lipinski definition) is 2. The van der Waals surface area contributed by atoms with Gasteiger partial charge in [-0.2, -0.15) is 0 Å². The SMILES string of the molecule is CCCCCCCCN(CCCCCCCC)C(=O)COC1C(O)[C@@H](COC(c2ccccc2)(c2ccc(OC)cc2)c2ccc(OC)cc2)O[C@H]1n1ccc(=O)[nH]c1=O. The molecule has 4 aromatic rings. The quantitative estimate of drug-likeness (QED) is 0.0480. The standard InChI is InChI=1S/C48H65N3O9/c1-5-7-9-11-13-18-31-50(32-19-14-12-10-8-6-2)43(53)35-58-45-44(54)41(60-46(45)51-33-30-42(52)49-47(51)55)34-59-48(36-20-16-15-17-21-36,37-22-26-39(56-3)27-23-37)38-24-28-40(57-4)29-25-38/h15-17,20-30,33,41,44-46,54H,5-14,18-19,31-32,34-35H2,1-4H3,(H,49,52,55)/t41-,44?,45?,46-/m1/s1. The summed E-state index contributed by atoms with van der Waals surface area (Å²) in [7, 11) is 3.22. The van der Waals surface area contributed by atoms with Gasteiger partial charge in [0.1, 0.15) is 42.0 Å². The number of nitrogens with one attached hydrogen (secondary N) is 1. The van der Waals surface area contributed by atoms with Crippen molar-refractivity contribution in [2.75, 3.05) is 40.5 Å². The van der Waals surface area contributed by atoms with Gasteiger partial charge in [0.25, 0.3) is 5.56 Å². The Hall–Kier alpha value is -4.75. The Morgan fingerprint density at radius 3 is 1.77 bits per heavy atom. The number of nitrogens with zero attached hydrogens (tertiary/aromatic N) is 2. The summed E-state index contributed by atoms with van der Waals surface area (Å²) in [5.41, 5.74) is -0.131. The van der Waals surface area contributed by atoms with Crippen molar-refractivity contribution in [1.82, 2.24) is 14.5 Å². The molecule has 3 aromatic carbocycles. The number of benzene rings is 3. The van der Waals surface area contributed by atoms with E-state index in [1.807, 2.05) is 83.8 Å². The lowest BCUT2D eigenvalue weighted by atomic mass is 9.80. The third-order valence-electron chi connectivity index (χ3n) is 11.4. The van der Waals surface area contributed by atoms with E-state index in [1.165, 1.54) is 55.4 Å². The van der Waals surface area contributed by atoms with Gasteiger partial charge < -0.3 is 33.7 Å². The van der Waals surface area contributed by atoms with Crippen LogP contribution in [0, 0.1) is 0 Å². The number of methoxy groups -OCH3 is 2. The number of carbonyl (C=O) groups is 1. The van der Waals surface area contributed by atoms with Crippen LogP contribution >= 0.6 is 0 Å². The number of rotatable bonds is 26. The molecule has 12 heteroatoms. The van der Waals surface area contributed by atoms with Crippen molar-refractivity contribution in [1.29, 1.82) is 0 Å². The minimum absolute atomic E-state index is 0.154. The van der Waals surface area contributed by atoms with Gasteiger partial charge in [-0.15, -0.1) is 0 Å². The smallest absolute Gasteiger partial charge is 0.330 e. The number of aromatic nitrogens is 2. The molecule has 5 rings (SSSR count).